The van der Waals surface area contributed by atoms with Crippen LogP contribution >= 0.6 is 11.8 Å². The molecule has 0 aliphatic heterocycles. The van der Waals surface area contributed by atoms with Crippen LogP contribution in [0.3, 0.4) is 0 Å². The van der Waals surface area contributed by atoms with Crippen LogP contribution in [-0.2, 0) is 9.59 Å². The number of hydrogen-bond acceptors (Lipinski definition) is 7. The monoisotopic (exact) mass is 685 g/mol. The SMILES string of the molecule is Cc1ccc([N+](=O)[O-])cc1NC(=O)C(Sc1ccc(NC(=O)/C(=C/c2ccc(N(C)C)cc2)NC(=O)c2ccccc2)cc1)c1ccccc1. The molecule has 3 N–H and O–H groups in total. The van der Waals surface area contributed by atoms with E-state index in [4.69, 9.17) is 0 Å². The van der Waals surface area contributed by atoms with Crippen LogP contribution in [-0.4, -0.2) is 36.7 Å². The summed E-state index contributed by atoms with van der Waals surface area (Å²) in [6.07, 6.45) is 1.62. The first-order valence-electron chi connectivity index (χ1n) is 15.6. The number of carbonyl (C=O) groups excluding carboxylic acids is 3. The third kappa shape index (κ3) is 9.24. The zero-order valence-electron chi connectivity index (χ0n) is 27.6. The first kappa shape index (κ1) is 35.1. The zero-order chi connectivity index (χ0) is 35.6. The van der Waals surface area contributed by atoms with Gasteiger partial charge in [0.1, 0.15) is 10.9 Å². The van der Waals surface area contributed by atoms with E-state index in [1.807, 2.05) is 73.6 Å². The van der Waals surface area contributed by atoms with E-state index in [9.17, 15) is 24.5 Å². The Hall–Kier alpha value is -6.20. The average Bonchev–Trinajstić information content (AvgIpc) is 3.12. The number of nitro groups is 1. The van der Waals surface area contributed by atoms with Crippen LogP contribution in [0.25, 0.3) is 6.08 Å². The molecule has 0 radical (unpaired) electrons. The molecule has 1 unspecified atom stereocenters. The molecule has 5 aromatic rings. The normalized spacial score (nSPS) is 11.6. The highest BCUT2D eigenvalue weighted by atomic mass is 32.2. The van der Waals surface area contributed by atoms with Gasteiger partial charge in [0.05, 0.1) is 10.6 Å². The van der Waals surface area contributed by atoms with Crippen molar-refractivity contribution in [2.24, 2.45) is 0 Å². The Labute approximate surface area is 294 Å². The number of hydrogen-bond donors (Lipinski definition) is 3. The standard InChI is InChI=1S/C39H35N5O5S/c1-26-14-19-32(44(48)49)25-34(26)41-39(47)36(28-10-6-4-7-11-28)50-33-22-17-30(18-23-33)40-38(46)35(42-37(45)29-12-8-5-9-13-29)24-27-15-20-31(21-16-27)43(2)3/h4-25,36H,1-3H3,(H,40,46)(H,41,47)(H,42,45)/b35-24-. The van der Waals surface area contributed by atoms with Crippen molar-refractivity contribution in [3.05, 3.63) is 165 Å². The Kier molecular flexibility index (Phi) is 11.4. The molecular formula is C39H35N5O5S. The molecule has 5 aromatic carbocycles. The number of nitrogens with one attached hydrogen (secondary N) is 3. The van der Waals surface area contributed by atoms with E-state index in [0.29, 0.717) is 22.5 Å². The third-order valence-corrected chi connectivity index (χ3v) is 8.91. The lowest BCUT2D eigenvalue weighted by atomic mass is 10.1. The minimum Gasteiger partial charge on any atom is -0.378 e. The molecule has 252 valence electrons. The smallest absolute Gasteiger partial charge is 0.272 e. The molecule has 0 bridgehead atoms. The number of nitrogens with zero attached hydrogens (tertiary/aromatic N) is 2. The van der Waals surface area contributed by atoms with Gasteiger partial charge < -0.3 is 20.9 Å². The summed E-state index contributed by atoms with van der Waals surface area (Å²) in [4.78, 5) is 53.8. The number of thioether (sulfide) groups is 1. The number of carbonyl (C=O) groups is 3. The van der Waals surface area contributed by atoms with Gasteiger partial charge in [0.2, 0.25) is 5.91 Å². The first-order valence-corrected chi connectivity index (χ1v) is 16.5. The van der Waals surface area contributed by atoms with Crippen LogP contribution in [0.4, 0.5) is 22.7 Å². The number of amides is 3. The van der Waals surface area contributed by atoms with Crippen LogP contribution in [0.2, 0.25) is 0 Å². The highest BCUT2D eigenvalue weighted by Gasteiger charge is 2.24. The molecule has 0 aromatic heterocycles. The number of rotatable bonds is 12. The number of benzene rings is 5. The molecule has 0 saturated heterocycles. The van der Waals surface area contributed by atoms with E-state index in [1.165, 1.54) is 23.9 Å². The second kappa shape index (κ2) is 16.3. The summed E-state index contributed by atoms with van der Waals surface area (Å²) >= 11 is 1.30. The van der Waals surface area contributed by atoms with Crippen molar-refractivity contribution in [1.82, 2.24) is 5.32 Å². The van der Waals surface area contributed by atoms with Crippen molar-refractivity contribution in [3.8, 4) is 0 Å². The van der Waals surface area contributed by atoms with Crippen molar-refractivity contribution in [1.29, 1.82) is 0 Å². The van der Waals surface area contributed by atoms with E-state index < -0.39 is 22.0 Å². The summed E-state index contributed by atoms with van der Waals surface area (Å²) in [5, 5.41) is 19.1. The summed E-state index contributed by atoms with van der Waals surface area (Å²) in [6, 6.07) is 36.8. The molecule has 11 heteroatoms. The predicted molar refractivity (Wildman–Crippen MR) is 199 cm³/mol. The van der Waals surface area contributed by atoms with Gasteiger partial charge in [0.15, 0.2) is 0 Å². The molecule has 0 aliphatic carbocycles. The lowest BCUT2D eigenvalue weighted by Gasteiger charge is -2.18. The lowest BCUT2D eigenvalue weighted by Crippen LogP contribution is -2.30. The first-order chi connectivity index (χ1) is 24.1. The molecule has 50 heavy (non-hydrogen) atoms. The molecule has 0 heterocycles. The summed E-state index contributed by atoms with van der Waals surface area (Å²) in [7, 11) is 3.87. The van der Waals surface area contributed by atoms with Gasteiger partial charge in [-0.05, 0) is 78.2 Å². The quantitative estimate of drug-likeness (QED) is 0.0527. The molecule has 0 spiro atoms. The number of non-ortho nitro benzene ring substituents is 1. The van der Waals surface area contributed by atoms with Crippen molar-refractivity contribution in [3.63, 3.8) is 0 Å². The van der Waals surface area contributed by atoms with E-state index in [1.54, 1.807) is 73.7 Å². The van der Waals surface area contributed by atoms with Crippen molar-refractivity contribution in [2.75, 3.05) is 29.6 Å². The molecule has 1 atom stereocenters. The summed E-state index contributed by atoms with van der Waals surface area (Å²) in [5.74, 6) is -1.28. The zero-order valence-corrected chi connectivity index (χ0v) is 28.4. The Morgan fingerprint density at radius 1 is 0.800 bits per heavy atom. The van der Waals surface area contributed by atoms with Gasteiger partial charge in [-0.15, -0.1) is 11.8 Å². The lowest BCUT2D eigenvalue weighted by molar-refractivity contribution is -0.384. The van der Waals surface area contributed by atoms with E-state index in [2.05, 4.69) is 16.0 Å². The maximum atomic E-state index is 13.6. The van der Waals surface area contributed by atoms with Gasteiger partial charge in [-0.3, -0.25) is 24.5 Å². The average molecular weight is 686 g/mol. The van der Waals surface area contributed by atoms with Crippen LogP contribution in [0.15, 0.2) is 138 Å². The fourth-order valence-corrected chi connectivity index (χ4v) is 5.91. The van der Waals surface area contributed by atoms with E-state index in [-0.39, 0.29) is 17.3 Å². The van der Waals surface area contributed by atoms with Crippen LogP contribution in [0.5, 0.6) is 0 Å². The molecule has 0 aliphatic rings. The van der Waals surface area contributed by atoms with Gasteiger partial charge in [0, 0.05) is 48.1 Å². The Morgan fingerprint density at radius 3 is 2.06 bits per heavy atom. The van der Waals surface area contributed by atoms with Crippen LogP contribution < -0.4 is 20.9 Å². The molecule has 5 rings (SSSR count). The maximum Gasteiger partial charge on any atom is 0.272 e. The van der Waals surface area contributed by atoms with Gasteiger partial charge in [-0.25, -0.2) is 0 Å². The third-order valence-electron chi connectivity index (χ3n) is 7.65. The minimum absolute atomic E-state index is 0.0622. The van der Waals surface area contributed by atoms with E-state index in [0.717, 1.165) is 21.7 Å². The number of anilines is 3. The van der Waals surface area contributed by atoms with Gasteiger partial charge in [0.25, 0.3) is 17.5 Å². The molecule has 10 nitrogen and oxygen atoms in total. The van der Waals surface area contributed by atoms with Crippen molar-refractivity contribution < 1.29 is 19.3 Å². The number of aryl methyl sites for hydroxylation is 1. The van der Waals surface area contributed by atoms with Gasteiger partial charge in [-0.2, -0.15) is 0 Å². The van der Waals surface area contributed by atoms with Gasteiger partial charge >= 0.3 is 0 Å². The second-order valence-electron chi connectivity index (χ2n) is 11.5. The molecule has 0 fully saturated rings. The fraction of sp³-hybridized carbons (Fsp3) is 0.103. The Bertz CT molecular complexity index is 2020. The van der Waals surface area contributed by atoms with Crippen molar-refractivity contribution >= 4 is 58.3 Å². The number of nitro benzene ring substituents is 1. The minimum atomic E-state index is -0.683. The summed E-state index contributed by atoms with van der Waals surface area (Å²) in [6.45, 7) is 1.77. The summed E-state index contributed by atoms with van der Waals surface area (Å²) in [5.41, 5.74) is 4.36. The second-order valence-corrected chi connectivity index (χ2v) is 12.7. The topological polar surface area (TPSA) is 134 Å². The highest BCUT2D eigenvalue weighted by Crippen LogP contribution is 2.37. The maximum absolute atomic E-state index is 13.6. The Balaban J connectivity index is 1.34. The van der Waals surface area contributed by atoms with Crippen LogP contribution in [0, 0.1) is 17.0 Å². The molecule has 3 amide bonds. The van der Waals surface area contributed by atoms with Crippen LogP contribution in [0.1, 0.15) is 32.3 Å². The predicted octanol–water partition coefficient (Wildman–Crippen LogP) is 7.85. The Morgan fingerprint density at radius 2 is 1.44 bits per heavy atom. The molecule has 0 saturated carbocycles. The van der Waals surface area contributed by atoms with E-state index >= 15 is 0 Å². The summed E-state index contributed by atoms with van der Waals surface area (Å²) < 4.78 is 0. The highest BCUT2D eigenvalue weighted by molar-refractivity contribution is 8.00. The molecular weight excluding hydrogens is 651 g/mol. The largest absolute Gasteiger partial charge is 0.378 e. The van der Waals surface area contributed by atoms with Crippen molar-refractivity contribution in [2.45, 2.75) is 17.1 Å². The van der Waals surface area contributed by atoms with Gasteiger partial charge in [-0.1, -0.05) is 66.7 Å². The fourth-order valence-electron chi connectivity index (χ4n) is 4.89.